The van der Waals surface area contributed by atoms with E-state index in [1.807, 2.05) is 0 Å². The van der Waals surface area contributed by atoms with Crippen molar-refractivity contribution in [1.82, 2.24) is 0 Å². The largest absolute Gasteiger partial charge is 0.507 e. The van der Waals surface area contributed by atoms with Crippen LogP contribution < -0.4 is 4.74 Å². The molecule has 0 radical (unpaired) electrons. The Labute approximate surface area is 121 Å². The van der Waals surface area contributed by atoms with Gasteiger partial charge in [-0.25, -0.2) is 9.18 Å². The Morgan fingerprint density at radius 2 is 2.00 bits per heavy atom. The summed E-state index contributed by atoms with van der Waals surface area (Å²) in [6.07, 6.45) is 0. The van der Waals surface area contributed by atoms with Crippen LogP contribution in [-0.4, -0.2) is 18.2 Å². The third-order valence-electron chi connectivity index (χ3n) is 2.97. The first-order valence-corrected chi connectivity index (χ1v) is 6.30. The molecule has 110 valence electrons. The summed E-state index contributed by atoms with van der Waals surface area (Å²) in [5, 5.41) is 9.66. The lowest BCUT2D eigenvalue weighted by molar-refractivity contribution is 0.0466. The van der Waals surface area contributed by atoms with Crippen LogP contribution in [0.2, 0.25) is 0 Å². The van der Waals surface area contributed by atoms with Gasteiger partial charge in [-0.3, -0.25) is 0 Å². The van der Waals surface area contributed by atoms with Crippen molar-refractivity contribution in [2.45, 2.75) is 13.5 Å². The number of esters is 1. The highest BCUT2D eigenvalue weighted by molar-refractivity contribution is 5.92. The van der Waals surface area contributed by atoms with Gasteiger partial charge in [-0.1, -0.05) is 11.6 Å². The Kier molecular flexibility index (Phi) is 4.42. The number of benzene rings is 2. The second-order valence-electron chi connectivity index (χ2n) is 4.55. The number of methoxy groups -OCH3 is 1. The van der Waals surface area contributed by atoms with Gasteiger partial charge < -0.3 is 14.6 Å². The number of aryl methyl sites for hydroxylation is 1. The summed E-state index contributed by atoms with van der Waals surface area (Å²) in [5.41, 5.74) is 1.31. The molecule has 0 spiro atoms. The SMILES string of the molecule is COc1ccc(F)cc1COC(=O)c1cc(C)ccc1O. The Morgan fingerprint density at radius 1 is 1.24 bits per heavy atom. The number of carbonyl (C=O) groups excluding carboxylic acids is 1. The number of phenolic OH excluding ortho intramolecular Hbond substituents is 1. The summed E-state index contributed by atoms with van der Waals surface area (Å²) in [7, 11) is 1.45. The first-order valence-electron chi connectivity index (χ1n) is 6.30. The third kappa shape index (κ3) is 3.51. The van der Waals surface area contributed by atoms with E-state index in [1.165, 1.54) is 37.4 Å². The van der Waals surface area contributed by atoms with Crippen molar-refractivity contribution in [1.29, 1.82) is 0 Å². The van der Waals surface area contributed by atoms with E-state index in [9.17, 15) is 14.3 Å². The minimum atomic E-state index is -0.678. The highest BCUT2D eigenvalue weighted by Gasteiger charge is 2.14. The summed E-state index contributed by atoms with van der Waals surface area (Å²) >= 11 is 0. The number of hydrogen-bond donors (Lipinski definition) is 1. The summed E-state index contributed by atoms with van der Waals surface area (Å²) in [5.74, 6) is -0.850. The van der Waals surface area contributed by atoms with E-state index < -0.39 is 11.8 Å². The minimum Gasteiger partial charge on any atom is -0.507 e. The molecule has 0 bridgehead atoms. The Balaban J connectivity index is 2.14. The lowest BCUT2D eigenvalue weighted by Crippen LogP contribution is -2.07. The molecule has 0 aliphatic heterocycles. The zero-order valence-corrected chi connectivity index (χ0v) is 11.7. The van der Waals surface area contributed by atoms with Crippen molar-refractivity contribution in [2.24, 2.45) is 0 Å². The van der Waals surface area contributed by atoms with E-state index >= 15 is 0 Å². The lowest BCUT2D eigenvalue weighted by atomic mass is 10.1. The van der Waals surface area contributed by atoms with Gasteiger partial charge in [0.1, 0.15) is 29.5 Å². The molecule has 0 atom stereocenters. The maximum Gasteiger partial charge on any atom is 0.342 e. The first kappa shape index (κ1) is 14.8. The van der Waals surface area contributed by atoms with Crippen molar-refractivity contribution in [3.8, 4) is 11.5 Å². The highest BCUT2D eigenvalue weighted by atomic mass is 19.1. The lowest BCUT2D eigenvalue weighted by Gasteiger charge is -2.10. The fourth-order valence-electron chi connectivity index (χ4n) is 1.89. The zero-order chi connectivity index (χ0) is 15.4. The Morgan fingerprint density at radius 3 is 2.71 bits per heavy atom. The molecule has 21 heavy (non-hydrogen) atoms. The molecule has 2 rings (SSSR count). The van der Waals surface area contributed by atoms with E-state index in [0.717, 1.165) is 5.56 Å². The molecule has 5 heteroatoms. The zero-order valence-electron chi connectivity index (χ0n) is 11.7. The van der Waals surface area contributed by atoms with Gasteiger partial charge >= 0.3 is 5.97 Å². The molecule has 4 nitrogen and oxygen atoms in total. The van der Waals surface area contributed by atoms with E-state index in [4.69, 9.17) is 9.47 Å². The minimum absolute atomic E-state index is 0.0744. The highest BCUT2D eigenvalue weighted by Crippen LogP contribution is 2.23. The van der Waals surface area contributed by atoms with E-state index in [1.54, 1.807) is 13.0 Å². The Bertz CT molecular complexity index is 667. The number of aromatic hydroxyl groups is 1. The van der Waals surface area contributed by atoms with Gasteiger partial charge in [0, 0.05) is 5.56 Å². The fraction of sp³-hybridized carbons (Fsp3) is 0.188. The van der Waals surface area contributed by atoms with Gasteiger partial charge in [0.2, 0.25) is 0 Å². The van der Waals surface area contributed by atoms with Crippen molar-refractivity contribution in [3.63, 3.8) is 0 Å². The van der Waals surface area contributed by atoms with Gasteiger partial charge in [0.05, 0.1) is 7.11 Å². The predicted octanol–water partition coefficient (Wildman–Crippen LogP) is 3.21. The average molecular weight is 290 g/mol. The van der Waals surface area contributed by atoms with Gasteiger partial charge in [-0.05, 0) is 37.3 Å². The third-order valence-corrected chi connectivity index (χ3v) is 2.97. The molecule has 0 aliphatic rings. The van der Waals surface area contributed by atoms with Gasteiger partial charge in [0.15, 0.2) is 0 Å². The average Bonchev–Trinajstić information content (AvgIpc) is 2.47. The maximum absolute atomic E-state index is 13.2. The van der Waals surface area contributed by atoms with Crippen molar-refractivity contribution >= 4 is 5.97 Å². The second-order valence-corrected chi connectivity index (χ2v) is 4.55. The molecule has 2 aromatic carbocycles. The Hall–Kier alpha value is -2.56. The van der Waals surface area contributed by atoms with Crippen LogP contribution in [0, 0.1) is 12.7 Å². The van der Waals surface area contributed by atoms with Crippen LogP contribution in [0.1, 0.15) is 21.5 Å². The van der Waals surface area contributed by atoms with Crippen molar-refractivity contribution in [2.75, 3.05) is 7.11 Å². The molecule has 0 aromatic heterocycles. The maximum atomic E-state index is 13.2. The second kappa shape index (κ2) is 6.26. The number of hydrogen-bond acceptors (Lipinski definition) is 4. The summed E-state index contributed by atoms with van der Waals surface area (Å²) in [4.78, 5) is 12.0. The predicted molar refractivity (Wildman–Crippen MR) is 74.9 cm³/mol. The van der Waals surface area contributed by atoms with E-state index in [-0.39, 0.29) is 17.9 Å². The number of halogens is 1. The number of rotatable bonds is 4. The normalized spacial score (nSPS) is 10.2. The molecule has 0 aliphatic carbocycles. The van der Waals surface area contributed by atoms with Crippen molar-refractivity contribution in [3.05, 3.63) is 58.9 Å². The van der Waals surface area contributed by atoms with Crippen LogP contribution in [0.3, 0.4) is 0 Å². The van der Waals surface area contributed by atoms with E-state index in [2.05, 4.69) is 0 Å². The molecule has 0 unspecified atom stereocenters. The first-order chi connectivity index (χ1) is 10.0. The van der Waals surface area contributed by atoms with Gasteiger partial charge in [-0.2, -0.15) is 0 Å². The summed E-state index contributed by atoms with van der Waals surface area (Å²) in [6.45, 7) is 1.65. The molecule has 0 amide bonds. The molecular formula is C16H15FO4. The van der Waals surface area contributed by atoms with Gasteiger partial charge in [0.25, 0.3) is 0 Å². The molecule has 2 aromatic rings. The molecule has 1 N–H and O–H groups in total. The van der Waals surface area contributed by atoms with Crippen LogP contribution in [0.15, 0.2) is 36.4 Å². The quantitative estimate of drug-likeness (QED) is 0.878. The summed E-state index contributed by atoms with van der Waals surface area (Å²) < 4.78 is 23.4. The number of carbonyl (C=O) groups is 1. The van der Waals surface area contributed by atoms with E-state index in [0.29, 0.717) is 11.3 Å². The van der Waals surface area contributed by atoms with Gasteiger partial charge in [-0.15, -0.1) is 0 Å². The molecule has 0 fully saturated rings. The van der Waals surface area contributed by atoms with Crippen molar-refractivity contribution < 1.29 is 23.8 Å². The molecule has 0 heterocycles. The van der Waals surface area contributed by atoms with Crippen LogP contribution in [0.25, 0.3) is 0 Å². The number of phenols is 1. The monoisotopic (exact) mass is 290 g/mol. The van der Waals surface area contributed by atoms with Crippen LogP contribution in [0.4, 0.5) is 4.39 Å². The number of ether oxygens (including phenoxy) is 2. The standard InChI is InChI=1S/C16H15FO4/c1-10-3-5-14(18)13(7-10)16(19)21-9-11-8-12(17)4-6-15(11)20-2/h3-8,18H,9H2,1-2H3. The molecular weight excluding hydrogens is 275 g/mol. The van der Waals surface area contributed by atoms with Crippen LogP contribution in [-0.2, 0) is 11.3 Å². The summed E-state index contributed by atoms with van der Waals surface area (Å²) in [6, 6.07) is 8.60. The van der Waals surface area contributed by atoms with Crippen LogP contribution >= 0.6 is 0 Å². The fourth-order valence-corrected chi connectivity index (χ4v) is 1.89. The molecule has 0 saturated heterocycles. The topological polar surface area (TPSA) is 55.8 Å². The van der Waals surface area contributed by atoms with Crippen LogP contribution in [0.5, 0.6) is 11.5 Å². The molecule has 0 saturated carbocycles. The smallest absolute Gasteiger partial charge is 0.342 e.